The van der Waals surface area contributed by atoms with Crippen molar-refractivity contribution in [3.8, 4) is 0 Å². The van der Waals surface area contributed by atoms with E-state index in [-0.39, 0.29) is 17.3 Å². The van der Waals surface area contributed by atoms with E-state index in [0.29, 0.717) is 25.1 Å². The molecule has 1 unspecified atom stereocenters. The zero-order chi connectivity index (χ0) is 17.7. The van der Waals surface area contributed by atoms with E-state index < -0.39 is 22.0 Å². The maximum atomic E-state index is 12.4. The Morgan fingerprint density at radius 2 is 2.04 bits per heavy atom. The predicted octanol–water partition coefficient (Wildman–Crippen LogP) is -0.428. The van der Waals surface area contributed by atoms with E-state index >= 15 is 0 Å². The van der Waals surface area contributed by atoms with Crippen LogP contribution in [-0.4, -0.2) is 64.4 Å². The van der Waals surface area contributed by atoms with E-state index in [1.807, 2.05) is 0 Å². The van der Waals surface area contributed by atoms with Gasteiger partial charge in [0.15, 0.2) is 0 Å². The highest BCUT2D eigenvalue weighted by molar-refractivity contribution is 7.89. The van der Waals surface area contributed by atoms with Crippen LogP contribution in [0.1, 0.15) is 16.8 Å². The molecule has 1 aliphatic heterocycles. The van der Waals surface area contributed by atoms with Gasteiger partial charge in [0.05, 0.1) is 11.5 Å². The Labute approximate surface area is 141 Å². The first kappa shape index (κ1) is 18.4. The highest BCUT2D eigenvalue weighted by Gasteiger charge is 2.26. The second-order valence-electron chi connectivity index (χ2n) is 5.45. The molecular weight excluding hydrogens is 334 g/mol. The third-order valence-corrected chi connectivity index (χ3v) is 5.66. The van der Waals surface area contributed by atoms with E-state index in [4.69, 9.17) is 4.74 Å². The van der Waals surface area contributed by atoms with Crippen LogP contribution in [0.15, 0.2) is 29.2 Å². The summed E-state index contributed by atoms with van der Waals surface area (Å²) < 4.78 is 30.8. The van der Waals surface area contributed by atoms with Crippen molar-refractivity contribution in [1.29, 1.82) is 0 Å². The highest BCUT2D eigenvalue weighted by atomic mass is 32.2. The maximum Gasteiger partial charge on any atom is 0.251 e. The van der Waals surface area contributed by atoms with Gasteiger partial charge >= 0.3 is 0 Å². The molecule has 0 spiro atoms. The van der Waals surface area contributed by atoms with Crippen LogP contribution in [-0.2, 0) is 19.6 Å². The molecule has 1 aromatic rings. The van der Waals surface area contributed by atoms with Crippen molar-refractivity contribution < 1.29 is 22.7 Å². The number of nitrogens with one attached hydrogen (secondary N) is 2. The van der Waals surface area contributed by atoms with Gasteiger partial charge in [-0.05, 0) is 30.7 Å². The molecular formula is C15H21N3O5S. The van der Waals surface area contributed by atoms with Gasteiger partial charge in [-0.2, -0.15) is 4.31 Å². The van der Waals surface area contributed by atoms with Crippen molar-refractivity contribution in [1.82, 2.24) is 14.9 Å². The molecule has 8 nitrogen and oxygen atoms in total. The van der Waals surface area contributed by atoms with Gasteiger partial charge in [-0.15, -0.1) is 0 Å². The van der Waals surface area contributed by atoms with Gasteiger partial charge in [0.2, 0.25) is 15.9 Å². The summed E-state index contributed by atoms with van der Waals surface area (Å²) in [6, 6.07) is 5.07. The number of ether oxygens (including phenoxy) is 1. The van der Waals surface area contributed by atoms with E-state index in [1.165, 1.54) is 42.7 Å². The lowest BCUT2D eigenvalue weighted by Gasteiger charge is -2.17. The number of carbonyl (C=O) groups is 2. The first-order valence-electron chi connectivity index (χ1n) is 7.50. The molecule has 1 saturated heterocycles. The summed E-state index contributed by atoms with van der Waals surface area (Å²) in [5.41, 5.74) is 0.299. The molecule has 1 fully saturated rings. The quantitative estimate of drug-likeness (QED) is 0.691. The summed E-state index contributed by atoms with van der Waals surface area (Å²) in [6.07, 6.45) is 0.543. The smallest absolute Gasteiger partial charge is 0.251 e. The molecule has 2 rings (SSSR count). The van der Waals surface area contributed by atoms with Crippen molar-refractivity contribution in [2.45, 2.75) is 17.4 Å². The van der Waals surface area contributed by atoms with Crippen LogP contribution in [0.5, 0.6) is 0 Å². The number of nitrogens with zero attached hydrogens (tertiary/aromatic N) is 1. The Morgan fingerprint density at radius 3 is 2.58 bits per heavy atom. The fourth-order valence-corrected chi connectivity index (χ4v) is 3.43. The van der Waals surface area contributed by atoms with Gasteiger partial charge in [-0.25, -0.2) is 8.42 Å². The molecule has 0 aliphatic carbocycles. The molecule has 2 amide bonds. The molecule has 24 heavy (non-hydrogen) atoms. The van der Waals surface area contributed by atoms with E-state index in [9.17, 15) is 18.0 Å². The fraction of sp³-hybridized carbons (Fsp3) is 0.467. The molecule has 0 saturated carbocycles. The number of amides is 2. The summed E-state index contributed by atoms with van der Waals surface area (Å²) in [4.78, 5) is 23.7. The summed E-state index contributed by atoms with van der Waals surface area (Å²) in [7, 11) is -0.663. The first-order chi connectivity index (χ1) is 11.4. The average molecular weight is 355 g/mol. The maximum absolute atomic E-state index is 12.4. The van der Waals surface area contributed by atoms with Gasteiger partial charge in [0.25, 0.3) is 5.91 Å². The van der Waals surface area contributed by atoms with Crippen LogP contribution in [0.4, 0.5) is 0 Å². The minimum atomic E-state index is -3.63. The molecule has 1 atom stereocenters. The van der Waals surface area contributed by atoms with Gasteiger partial charge in [-0.3, -0.25) is 9.59 Å². The standard InChI is InChI=1S/C15H21N3O5S/c1-18(9-10-23-2)24(21,22)12-5-3-11(4-6-12)14(19)17-13-7-8-16-15(13)20/h3-6,13H,7-10H2,1-2H3,(H,16,20)(H,17,19). The molecule has 1 aromatic carbocycles. The van der Waals surface area contributed by atoms with Crippen LogP contribution in [0.3, 0.4) is 0 Å². The number of sulfonamides is 1. The largest absolute Gasteiger partial charge is 0.383 e. The minimum absolute atomic E-state index is 0.0938. The Bertz CT molecular complexity index is 702. The number of likely N-dealkylation sites (N-methyl/N-ethyl adjacent to an activating group) is 1. The second-order valence-corrected chi connectivity index (χ2v) is 7.49. The molecule has 2 N–H and O–H groups in total. The van der Waals surface area contributed by atoms with Crippen LogP contribution in [0.2, 0.25) is 0 Å². The van der Waals surface area contributed by atoms with Crippen LogP contribution in [0, 0.1) is 0 Å². The Kier molecular flexibility index (Phi) is 5.92. The molecule has 0 bridgehead atoms. The van der Waals surface area contributed by atoms with Crippen LogP contribution >= 0.6 is 0 Å². The van der Waals surface area contributed by atoms with E-state index in [0.717, 1.165) is 0 Å². The number of carbonyl (C=O) groups excluding carboxylic acids is 2. The van der Waals surface area contributed by atoms with Gasteiger partial charge < -0.3 is 15.4 Å². The lowest BCUT2D eigenvalue weighted by molar-refractivity contribution is -0.120. The van der Waals surface area contributed by atoms with Gasteiger partial charge in [0.1, 0.15) is 6.04 Å². The van der Waals surface area contributed by atoms with Crippen LogP contribution < -0.4 is 10.6 Å². The van der Waals surface area contributed by atoms with Gasteiger partial charge in [-0.1, -0.05) is 0 Å². The number of rotatable bonds is 7. The monoisotopic (exact) mass is 355 g/mol. The highest BCUT2D eigenvalue weighted by Crippen LogP contribution is 2.15. The molecule has 1 aliphatic rings. The van der Waals surface area contributed by atoms with Crippen molar-refractivity contribution in [2.75, 3.05) is 33.9 Å². The number of methoxy groups -OCH3 is 1. The van der Waals surface area contributed by atoms with Crippen molar-refractivity contribution >= 4 is 21.8 Å². The Balaban J connectivity index is 2.06. The third kappa shape index (κ3) is 4.11. The summed E-state index contributed by atoms with van der Waals surface area (Å²) in [6.45, 7) is 1.06. The molecule has 132 valence electrons. The topological polar surface area (TPSA) is 105 Å². The lowest BCUT2D eigenvalue weighted by atomic mass is 10.2. The minimum Gasteiger partial charge on any atom is -0.383 e. The third-order valence-electron chi connectivity index (χ3n) is 3.79. The van der Waals surface area contributed by atoms with Crippen LogP contribution in [0.25, 0.3) is 0 Å². The molecule has 9 heteroatoms. The summed E-state index contributed by atoms with van der Waals surface area (Å²) >= 11 is 0. The first-order valence-corrected chi connectivity index (χ1v) is 8.94. The van der Waals surface area contributed by atoms with E-state index in [2.05, 4.69) is 10.6 Å². The molecule has 1 heterocycles. The van der Waals surface area contributed by atoms with E-state index in [1.54, 1.807) is 0 Å². The Morgan fingerprint density at radius 1 is 1.38 bits per heavy atom. The van der Waals surface area contributed by atoms with Crippen molar-refractivity contribution in [3.63, 3.8) is 0 Å². The van der Waals surface area contributed by atoms with Crippen molar-refractivity contribution in [2.24, 2.45) is 0 Å². The SMILES string of the molecule is COCCN(C)S(=O)(=O)c1ccc(C(=O)NC2CCNC2=O)cc1. The van der Waals surface area contributed by atoms with Crippen molar-refractivity contribution in [3.05, 3.63) is 29.8 Å². The molecule has 0 radical (unpaired) electrons. The number of benzene rings is 1. The zero-order valence-corrected chi connectivity index (χ0v) is 14.4. The number of hydrogen-bond acceptors (Lipinski definition) is 5. The van der Waals surface area contributed by atoms with Gasteiger partial charge in [0, 0.05) is 32.8 Å². The zero-order valence-electron chi connectivity index (χ0n) is 13.6. The predicted molar refractivity (Wildman–Crippen MR) is 87.0 cm³/mol. The molecule has 0 aromatic heterocycles. The Hall–Kier alpha value is -1.97. The lowest BCUT2D eigenvalue weighted by Crippen LogP contribution is -2.40. The fourth-order valence-electron chi connectivity index (χ4n) is 2.27. The average Bonchev–Trinajstić information content (AvgIpc) is 2.97. The summed E-state index contributed by atoms with van der Waals surface area (Å²) in [5, 5.41) is 5.26. The second kappa shape index (κ2) is 7.73. The normalized spacial score (nSPS) is 17.8. The summed E-state index contributed by atoms with van der Waals surface area (Å²) in [5.74, 6) is -0.615. The number of hydrogen-bond donors (Lipinski definition) is 2.